The molecule has 2 nitrogen and oxygen atoms in total. The number of piperazine rings is 1. The van der Waals surface area contributed by atoms with Crippen molar-refractivity contribution in [2.75, 3.05) is 39.3 Å². The highest BCUT2D eigenvalue weighted by Crippen LogP contribution is 2.22. The van der Waals surface area contributed by atoms with Crippen LogP contribution in [0.4, 0.5) is 0 Å². The van der Waals surface area contributed by atoms with Gasteiger partial charge in [-0.2, -0.15) is 0 Å². The number of hydrogen-bond acceptors (Lipinski definition) is 2. The Hall–Kier alpha value is -0.0800. The van der Waals surface area contributed by atoms with Crippen LogP contribution in [0.1, 0.15) is 86.5 Å². The van der Waals surface area contributed by atoms with Gasteiger partial charge in [-0.25, -0.2) is 0 Å². The first-order chi connectivity index (χ1) is 10.7. The Balaban J connectivity index is 1.94. The number of nitrogens with zero attached hydrogens (tertiary/aromatic N) is 2. The summed E-state index contributed by atoms with van der Waals surface area (Å²) in [5, 5.41) is 0. The van der Waals surface area contributed by atoms with Gasteiger partial charge in [0.05, 0.1) is 0 Å². The van der Waals surface area contributed by atoms with Crippen LogP contribution in [0.5, 0.6) is 0 Å². The van der Waals surface area contributed by atoms with Crippen LogP contribution in [-0.2, 0) is 0 Å². The van der Waals surface area contributed by atoms with E-state index in [4.69, 9.17) is 0 Å². The highest BCUT2D eigenvalue weighted by molar-refractivity contribution is 4.76. The van der Waals surface area contributed by atoms with Crippen LogP contribution in [0, 0.1) is 10.8 Å². The molecule has 0 aromatic heterocycles. The molecule has 0 radical (unpaired) electrons. The Morgan fingerprint density at radius 2 is 1.04 bits per heavy atom. The van der Waals surface area contributed by atoms with Crippen LogP contribution >= 0.6 is 0 Å². The molecule has 0 saturated carbocycles. The highest BCUT2D eigenvalue weighted by atomic mass is 15.3. The van der Waals surface area contributed by atoms with Crippen molar-refractivity contribution < 1.29 is 0 Å². The van der Waals surface area contributed by atoms with Crippen molar-refractivity contribution >= 4 is 0 Å². The fourth-order valence-corrected chi connectivity index (χ4v) is 3.54. The lowest BCUT2D eigenvalue weighted by atomic mass is 9.89. The van der Waals surface area contributed by atoms with Crippen molar-refractivity contribution in [2.24, 2.45) is 10.8 Å². The molecule has 0 aromatic carbocycles. The topological polar surface area (TPSA) is 6.48 Å². The van der Waals surface area contributed by atoms with Crippen molar-refractivity contribution in [3.05, 3.63) is 0 Å². The third kappa shape index (κ3) is 12.0. The van der Waals surface area contributed by atoms with Crippen molar-refractivity contribution in [1.82, 2.24) is 9.80 Å². The molecule has 23 heavy (non-hydrogen) atoms. The molecular weight excluding hydrogens is 280 g/mol. The molecule has 1 rings (SSSR count). The Morgan fingerprint density at radius 1 is 0.565 bits per heavy atom. The van der Waals surface area contributed by atoms with E-state index in [9.17, 15) is 0 Å². The number of unbranched alkanes of at least 4 members (excludes halogenated alkanes) is 5. The first-order valence-corrected chi connectivity index (χ1v) is 10.1. The lowest BCUT2D eigenvalue weighted by Gasteiger charge is -2.37. The average molecular weight is 325 g/mol. The largest absolute Gasteiger partial charge is 0.301 e. The predicted molar refractivity (Wildman–Crippen MR) is 104 cm³/mol. The average Bonchev–Trinajstić information content (AvgIpc) is 2.40. The minimum atomic E-state index is 0.440. The maximum Gasteiger partial charge on any atom is 0.0110 e. The van der Waals surface area contributed by atoms with Crippen molar-refractivity contribution in [3.8, 4) is 0 Å². The van der Waals surface area contributed by atoms with Gasteiger partial charge in [0.1, 0.15) is 0 Å². The second kappa shape index (κ2) is 10.0. The Morgan fingerprint density at radius 3 is 1.57 bits per heavy atom. The van der Waals surface area contributed by atoms with Gasteiger partial charge in [-0.15, -0.1) is 0 Å². The lowest BCUT2D eigenvalue weighted by molar-refractivity contribution is 0.101. The Kier molecular flexibility index (Phi) is 9.15. The molecule has 2 heteroatoms. The van der Waals surface area contributed by atoms with E-state index < -0.39 is 0 Å². The first-order valence-electron chi connectivity index (χ1n) is 10.1. The summed E-state index contributed by atoms with van der Waals surface area (Å²) in [6.45, 7) is 21.8. The van der Waals surface area contributed by atoms with Gasteiger partial charge in [-0.1, -0.05) is 73.6 Å². The summed E-state index contributed by atoms with van der Waals surface area (Å²) < 4.78 is 0. The van der Waals surface area contributed by atoms with Crippen molar-refractivity contribution in [1.29, 1.82) is 0 Å². The minimum absolute atomic E-state index is 0.440. The number of rotatable bonds is 9. The molecule has 0 aromatic rings. The van der Waals surface area contributed by atoms with Gasteiger partial charge in [-0.05, 0) is 30.2 Å². The minimum Gasteiger partial charge on any atom is -0.301 e. The van der Waals surface area contributed by atoms with Crippen LogP contribution in [0.25, 0.3) is 0 Å². The fraction of sp³-hybridized carbons (Fsp3) is 1.00. The van der Waals surface area contributed by atoms with Gasteiger partial charge in [0.15, 0.2) is 0 Å². The summed E-state index contributed by atoms with van der Waals surface area (Å²) in [5.74, 6) is 0. The summed E-state index contributed by atoms with van der Waals surface area (Å²) in [7, 11) is 0. The standard InChI is InChI=1S/C21H44N2/c1-20(2,3)13-11-9-7-8-10-12-14-22-15-17-23(18-16-22)19-21(4,5)6/h7-19H2,1-6H3. The maximum atomic E-state index is 2.68. The molecule has 1 aliphatic rings. The van der Waals surface area contributed by atoms with Crippen LogP contribution in [0.2, 0.25) is 0 Å². The van der Waals surface area contributed by atoms with Crippen LogP contribution in [0.15, 0.2) is 0 Å². The summed E-state index contributed by atoms with van der Waals surface area (Å²) in [6.07, 6.45) is 9.94. The zero-order valence-electron chi connectivity index (χ0n) is 17.1. The lowest BCUT2D eigenvalue weighted by Crippen LogP contribution is -2.48. The SMILES string of the molecule is CC(C)(C)CCCCCCCCN1CCN(CC(C)(C)C)CC1. The molecule has 1 saturated heterocycles. The van der Waals surface area contributed by atoms with E-state index >= 15 is 0 Å². The zero-order valence-corrected chi connectivity index (χ0v) is 17.1. The first kappa shape index (κ1) is 21.0. The fourth-order valence-electron chi connectivity index (χ4n) is 3.54. The molecule has 1 aliphatic heterocycles. The van der Waals surface area contributed by atoms with Crippen LogP contribution in [-0.4, -0.2) is 49.1 Å². The van der Waals surface area contributed by atoms with Gasteiger partial charge in [0, 0.05) is 32.7 Å². The smallest absolute Gasteiger partial charge is 0.0110 e. The Bertz CT molecular complexity index is 290. The van der Waals surface area contributed by atoms with Gasteiger partial charge >= 0.3 is 0 Å². The molecular formula is C21H44N2. The molecule has 0 bridgehead atoms. The second-order valence-electron chi connectivity index (χ2n) is 10.1. The van der Waals surface area contributed by atoms with E-state index in [1.807, 2.05) is 0 Å². The van der Waals surface area contributed by atoms with E-state index in [2.05, 4.69) is 51.3 Å². The normalized spacial score (nSPS) is 18.5. The van der Waals surface area contributed by atoms with Crippen molar-refractivity contribution in [2.45, 2.75) is 86.5 Å². The second-order valence-corrected chi connectivity index (χ2v) is 10.1. The molecule has 0 spiro atoms. The van der Waals surface area contributed by atoms with Crippen molar-refractivity contribution in [3.63, 3.8) is 0 Å². The highest BCUT2D eigenvalue weighted by Gasteiger charge is 2.21. The third-order valence-corrected chi connectivity index (χ3v) is 4.81. The molecule has 1 fully saturated rings. The number of hydrogen-bond donors (Lipinski definition) is 0. The van der Waals surface area contributed by atoms with E-state index in [0.717, 1.165) is 0 Å². The van der Waals surface area contributed by atoms with Gasteiger partial charge in [-0.3, -0.25) is 0 Å². The molecule has 0 amide bonds. The molecule has 138 valence electrons. The van der Waals surface area contributed by atoms with Gasteiger partial charge in [0.2, 0.25) is 0 Å². The molecule has 0 atom stereocenters. The summed E-state index contributed by atoms with van der Waals surface area (Å²) in [5.41, 5.74) is 0.963. The summed E-state index contributed by atoms with van der Waals surface area (Å²) in [6, 6.07) is 0. The molecule has 0 aliphatic carbocycles. The van der Waals surface area contributed by atoms with Gasteiger partial charge < -0.3 is 9.80 Å². The van der Waals surface area contributed by atoms with E-state index in [-0.39, 0.29) is 0 Å². The molecule has 0 N–H and O–H groups in total. The quantitative estimate of drug-likeness (QED) is 0.522. The molecule has 0 unspecified atom stereocenters. The summed E-state index contributed by atoms with van der Waals surface area (Å²) in [4.78, 5) is 5.32. The zero-order chi connectivity index (χ0) is 17.3. The maximum absolute atomic E-state index is 2.68. The van der Waals surface area contributed by atoms with Gasteiger partial charge in [0.25, 0.3) is 0 Å². The monoisotopic (exact) mass is 324 g/mol. The van der Waals surface area contributed by atoms with Crippen LogP contribution in [0.3, 0.4) is 0 Å². The van der Waals surface area contributed by atoms with E-state index in [1.165, 1.54) is 84.2 Å². The third-order valence-electron chi connectivity index (χ3n) is 4.81. The summed E-state index contributed by atoms with van der Waals surface area (Å²) >= 11 is 0. The Labute approximate surface area is 147 Å². The predicted octanol–water partition coefficient (Wildman–Crippen LogP) is 5.43. The van der Waals surface area contributed by atoms with E-state index in [0.29, 0.717) is 10.8 Å². The van der Waals surface area contributed by atoms with E-state index in [1.54, 1.807) is 0 Å². The molecule has 1 heterocycles. The van der Waals surface area contributed by atoms with Crippen LogP contribution < -0.4 is 0 Å².